The van der Waals surface area contributed by atoms with Crippen LogP contribution in [0.2, 0.25) is 0 Å². The van der Waals surface area contributed by atoms with Crippen molar-refractivity contribution in [2.75, 3.05) is 12.3 Å². The summed E-state index contributed by atoms with van der Waals surface area (Å²) in [5.74, 6) is 0.426. The van der Waals surface area contributed by atoms with E-state index in [1.165, 1.54) is 0 Å². The number of carbonyl (C=O) groups excluding carboxylic acids is 1. The summed E-state index contributed by atoms with van der Waals surface area (Å²) in [6.07, 6.45) is -2.62. The first-order valence-corrected chi connectivity index (χ1v) is 8.57. The highest BCUT2D eigenvalue weighted by Gasteiger charge is 2.40. The minimum atomic E-state index is -4.39. The second-order valence-electron chi connectivity index (χ2n) is 6.16. The number of carbonyl (C=O) groups is 1. The zero-order chi connectivity index (χ0) is 17.2. The number of aromatic amines is 1. The number of nitrogens with one attached hydrogen (secondary N) is 1. The number of rotatable bonds is 7. The molecule has 1 aromatic heterocycles. The molecular weight excluding hydrogens is 329 g/mol. The first-order valence-electron chi connectivity index (χ1n) is 7.58. The highest BCUT2D eigenvalue weighted by Crippen LogP contribution is 2.36. The molecule has 0 aromatic carbocycles. The van der Waals surface area contributed by atoms with E-state index in [-0.39, 0.29) is 23.6 Å². The van der Waals surface area contributed by atoms with E-state index >= 15 is 0 Å². The van der Waals surface area contributed by atoms with Gasteiger partial charge in [-0.25, -0.2) is 4.98 Å². The smallest absolute Gasteiger partial charge is 0.330 e. The summed E-state index contributed by atoms with van der Waals surface area (Å²) in [5.41, 5.74) is 0. The van der Waals surface area contributed by atoms with Gasteiger partial charge < -0.3 is 4.90 Å². The topological polar surface area (TPSA) is 61.9 Å². The minimum absolute atomic E-state index is 0.0947. The standard InChI is InChI=1S/C14H21F3N4OS/c1-8(2)12-18-13(20-19-12)23-6-11(22)21(7-14(15,16)17)9(3)10-4-5-10/h8-10H,4-7H2,1-3H3,(H,18,19,20)/t9-/m1/s1. The fraction of sp³-hybridized carbons (Fsp3) is 0.786. The molecule has 2 rings (SSSR count). The van der Waals surface area contributed by atoms with E-state index in [4.69, 9.17) is 0 Å². The Morgan fingerprint density at radius 3 is 2.52 bits per heavy atom. The summed E-state index contributed by atoms with van der Waals surface area (Å²) in [5, 5.41) is 7.11. The first-order chi connectivity index (χ1) is 10.7. The normalized spacial score (nSPS) is 16.7. The van der Waals surface area contributed by atoms with Crippen molar-refractivity contribution in [1.82, 2.24) is 20.1 Å². The Labute approximate surface area is 137 Å². The largest absolute Gasteiger partial charge is 0.406 e. The number of halogens is 3. The SMILES string of the molecule is CC(C)c1nc(SCC(=O)N(CC(F)(F)F)[C@H](C)C2CC2)n[nH]1. The van der Waals surface area contributed by atoms with Crippen LogP contribution >= 0.6 is 11.8 Å². The molecule has 0 radical (unpaired) electrons. The lowest BCUT2D eigenvalue weighted by atomic mass is 10.2. The predicted molar refractivity (Wildman–Crippen MR) is 81.1 cm³/mol. The maximum Gasteiger partial charge on any atom is 0.406 e. The first kappa shape index (κ1) is 18.1. The lowest BCUT2D eigenvalue weighted by molar-refractivity contribution is -0.164. The lowest BCUT2D eigenvalue weighted by Gasteiger charge is -2.30. The van der Waals surface area contributed by atoms with Crippen LogP contribution in [0, 0.1) is 5.92 Å². The zero-order valence-electron chi connectivity index (χ0n) is 13.4. The molecule has 1 heterocycles. The van der Waals surface area contributed by atoms with E-state index in [9.17, 15) is 18.0 Å². The van der Waals surface area contributed by atoms with Crippen LogP contribution in [0.15, 0.2) is 5.16 Å². The highest BCUT2D eigenvalue weighted by molar-refractivity contribution is 7.99. The van der Waals surface area contributed by atoms with Crippen molar-refractivity contribution in [3.8, 4) is 0 Å². The fourth-order valence-electron chi connectivity index (χ4n) is 2.28. The molecule has 1 atom stereocenters. The molecule has 1 fully saturated rings. The summed E-state index contributed by atoms with van der Waals surface area (Å²) >= 11 is 1.06. The maximum absolute atomic E-state index is 12.7. The van der Waals surface area contributed by atoms with Crippen molar-refractivity contribution in [1.29, 1.82) is 0 Å². The molecule has 9 heteroatoms. The minimum Gasteiger partial charge on any atom is -0.330 e. The van der Waals surface area contributed by atoms with Gasteiger partial charge in [-0.2, -0.15) is 13.2 Å². The van der Waals surface area contributed by atoms with E-state index < -0.39 is 18.6 Å². The second-order valence-corrected chi connectivity index (χ2v) is 7.10. The summed E-state index contributed by atoms with van der Waals surface area (Å²) in [7, 11) is 0. The molecule has 0 aliphatic heterocycles. The Morgan fingerprint density at radius 2 is 2.04 bits per heavy atom. The van der Waals surface area contributed by atoms with Gasteiger partial charge in [0.05, 0.1) is 5.75 Å². The number of H-pyrrole nitrogens is 1. The van der Waals surface area contributed by atoms with Gasteiger partial charge in [-0.1, -0.05) is 25.6 Å². The molecular formula is C14H21F3N4OS. The quantitative estimate of drug-likeness (QED) is 0.767. The molecule has 1 aliphatic rings. The van der Waals surface area contributed by atoms with E-state index in [0.29, 0.717) is 11.0 Å². The third-order valence-corrected chi connectivity index (χ3v) is 4.65. The summed E-state index contributed by atoms with van der Waals surface area (Å²) in [6, 6.07) is -0.386. The van der Waals surface area contributed by atoms with Crippen LogP contribution in [0.1, 0.15) is 45.4 Å². The van der Waals surface area contributed by atoms with Gasteiger partial charge in [-0.3, -0.25) is 9.89 Å². The third kappa shape index (κ3) is 5.40. The van der Waals surface area contributed by atoms with Crippen molar-refractivity contribution in [2.24, 2.45) is 5.92 Å². The Hall–Kier alpha value is -1.25. The fourth-order valence-corrected chi connectivity index (χ4v) is 2.97. The molecule has 5 nitrogen and oxygen atoms in total. The Bertz CT molecular complexity index is 542. The monoisotopic (exact) mass is 350 g/mol. The summed E-state index contributed by atoms with van der Waals surface area (Å²) < 4.78 is 38.2. The van der Waals surface area contributed by atoms with E-state index in [1.807, 2.05) is 13.8 Å². The Balaban J connectivity index is 1.96. The molecule has 1 aromatic rings. The molecule has 0 unspecified atom stereocenters. The van der Waals surface area contributed by atoms with Gasteiger partial charge in [-0.15, -0.1) is 5.10 Å². The second kappa shape index (κ2) is 7.11. The van der Waals surface area contributed by atoms with Gasteiger partial charge in [0, 0.05) is 12.0 Å². The van der Waals surface area contributed by atoms with Crippen molar-refractivity contribution >= 4 is 17.7 Å². The third-order valence-electron chi connectivity index (χ3n) is 3.82. The molecule has 0 spiro atoms. The van der Waals surface area contributed by atoms with Crippen LogP contribution in [0.25, 0.3) is 0 Å². The van der Waals surface area contributed by atoms with Crippen molar-refractivity contribution in [3.63, 3.8) is 0 Å². The van der Waals surface area contributed by atoms with Crippen LogP contribution in [-0.2, 0) is 4.79 Å². The lowest BCUT2D eigenvalue weighted by Crippen LogP contribution is -2.46. The van der Waals surface area contributed by atoms with Gasteiger partial charge >= 0.3 is 6.18 Å². The number of amides is 1. The van der Waals surface area contributed by atoms with Crippen LogP contribution in [0.3, 0.4) is 0 Å². The van der Waals surface area contributed by atoms with Gasteiger partial charge in [0.1, 0.15) is 12.4 Å². The van der Waals surface area contributed by atoms with Crippen LogP contribution in [0.5, 0.6) is 0 Å². The van der Waals surface area contributed by atoms with Gasteiger partial charge in [0.15, 0.2) is 0 Å². The summed E-state index contributed by atoms with van der Waals surface area (Å²) in [6.45, 7) is 4.38. The highest BCUT2D eigenvalue weighted by atomic mass is 32.2. The van der Waals surface area contributed by atoms with Gasteiger partial charge in [0.2, 0.25) is 11.1 Å². The molecule has 23 heavy (non-hydrogen) atoms. The average molecular weight is 350 g/mol. The van der Waals surface area contributed by atoms with Crippen LogP contribution < -0.4 is 0 Å². The molecule has 0 saturated heterocycles. The van der Waals surface area contributed by atoms with E-state index in [2.05, 4.69) is 15.2 Å². The molecule has 1 saturated carbocycles. The number of alkyl halides is 3. The Kier molecular flexibility index (Phi) is 5.59. The number of hydrogen-bond donors (Lipinski definition) is 1. The summed E-state index contributed by atoms with van der Waals surface area (Å²) in [4.78, 5) is 17.4. The van der Waals surface area contributed by atoms with E-state index in [1.54, 1.807) is 6.92 Å². The maximum atomic E-state index is 12.7. The van der Waals surface area contributed by atoms with Crippen LogP contribution in [-0.4, -0.2) is 50.5 Å². The van der Waals surface area contributed by atoms with Gasteiger partial charge in [-0.05, 0) is 25.7 Å². The molecule has 1 aliphatic carbocycles. The van der Waals surface area contributed by atoms with Crippen LogP contribution in [0.4, 0.5) is 13.2 Å². The molecule has 0 bridgehead atoms. The molecule has 130 valence electrons. The number of nitrogens with zero attached hydrogens (tertiary/aromatic N) is 3. The van der Waals surface area contributed by atoms with Crippen molar-refractivity contribution in [2.45, 2.75) is 56.9 Å². The molecule has 1 amide bonds. The van der Waals surface area contributed by atoms with Crippen molar-refractivity contribution in [3.05, 3.63) is 5.82 Å². The number of aromatic nitrogens is 3. The van der Waals surface area contributed by atoms with Crippen molar-refractivity contribution < 1.29 is 18.0 Å². The Morgan fingerprint density at radius 1 is 1.39 bits per heavy atom. The number of hydrogen-bond acceptors (Lipinski definition) is 4. The number of thioether (sulfide) groups is 1. The van der Waals surface area contributed by atoms with E-state index in [0.717, 1.165) is 29.5 Å². The van der Waals surface area contributed by atoms with Gasteiger partial charge in [0.25, 0.3) is 0 Å². The average Bonchev–Trinajstić information content (AvgIpc) is 3.18. The predicted octanol–water partition coefficient (Wildman–Crippen LogP) is 3.21. The molecule has 1 N–H and O–H groups in total. The zero-order valence-corrected chi connectivity index (χ0v) is 14.2.